The lowest BCUT2D eigenvalue weighted by molar-refractivity contribution is 0.521. The average Bonchev–Trinajstić information content (AvgIpc) is 2.66. The highest BCUT2D eigenvalue weighted by atomic mass is 14.0. The smallest absolute Gasteiger partial charge is 0.0323 e. The lowest BCUT2D eigenvalue weighted by atomic mass is 10.0. The normalized spacial score (nSPS) is 12.0. The summed E-state index contributed by atoms with van der Waals surface area (Å²) < 4.78 is 0. The van der Waals surface area contributed by atoms with Gasteiger partial charge in [-0.15, -0.1) is 0 Å². The fraction of sp³-hybridized carbons (Fsp3) is 0.923. The van der Waals surface area contributed by atoms with E-state index in [1.165, 1.54) is 135 Å². The third-order valence-electron chi connectivity index (χ3n) is 5.92. The molecule has 26 heavy (non-hydrogen) atoms. The van der Waals surface area contributed by atoms with Gasteiger partial charge in [-0.05, 0) is 26.7 Å². The molecule has 0 heteroatoms. The molecule has 0 nitrogen and oxygen atoms in total. The maximum absolute atomic E-state index is 2.30. The Hall–Kier alpha value is -0.260. The molecule has 0 heterocycles. The van der Waals surface area contributed by atoms with Crippen LogP contribution in [0.3, 0.4) is 0 Å². The summed E-state index contributed by atoms with van der Waals surface area (Å²) in [5.41, 5.74) is 1.56. The van der Waals surface area contributed by atoms with Crippen molar-refractivity contribution >= 4 is 0 Å². The van der Waals surface area contributed by atoms with Gasteiger partial charge >= 0.3 is 0 Å². The molecule has 0 aliphatic carbocycles. The van der Waals surface area contributed by atoms with Crippen molar-refractivity contribution < 1.29 is 0 Å². The van der Waals surface area contributed by atoms with Crippen LogP contribution in [0.1, 0.15) is 156 Å². The van der Waals surface area contributed by atoms with Crippen LogP contribution >= 0.6 is 0 Å². The fourth-order valence-electron chi connectivity index (χ4n) is 3.80. The molecule has 0 aromatic carbocycles. The zero-order valence-corrected chi connectivity index (χ0v) is 18.9. The molecule has 0 saturated heterocycles. The molecule has 0 spiro atoms. The van der Waals surface area contributed by atoms with Gasteiger partial charge in [-0.1, -0.05) is 141 Å². The highest BCUT2D eigenvalue weighted by Crippen LogP contribution is 2.15. The van der Waals surface area contributed by atoms with Crippen LogP contribution in [0.4, 0.5) is 0 Å². The number of hydrogen-bond donors (Lipinski definition) is 0. The maximum atomic E-state index is 2.30. The topological polar surface area (TPSA) is 0 Å². The van der Waals surface area contributed by atoms with Crippen LogP contribution in [0.2, 0.25) is 0 Å². The van der Waals surface area contributed by atoms with Gasteiger partial charge in [0.15, 0.2) is 0 Å². The van der Waals surface area contributed by atoms with E-state index in [-0.39, 0.29) is 0 Å². The predicted molar refractivity (Wildman–Crippen MR) is 122 cm³/mol. The summed E-state index contributed by atoms with van der Waals surface area (Å²) in [6.45, 7) is 6.72. The highest BCUT2D eigenvalue weighted by molar-refractivity contribution is 4.94. The molecule has 0 amide bonds. The van der Waals surface area contributed by atoms with E-state index in [9.17, 15) is 0 Å². The second-order valence-electron chi connectivity index (χ2n) is 8.60. The first-order chi connectivity index (χ1) is 12.8. The summed E-state index contributed by atoms with van der Waals surface area (Å²) in [7, 11) is 0. The molecule has 0 fully saturated rings. The number of allylic oxidation sites excluding steroid dienone is 2. The molecule has 0 aromatic rings. The van der Waals surface area contributed by atoms with Crippen molar-refractivity contribution in [2.24, 2.45) is 0 Å². The highest BCUT2D eigenvalue weighted by Gasteiger charge is 1.95. The van der Waals surface area contributed by atoms with Gasteiger partial charge in [-0.3, -0.25) is 0 Å². The summed E-state index contributed by atoms with van der Waals surface area (Å²) >= 11 is 0. The van der Waals surface area contributed by atoms with Crippen molar-refractivity contribution in [3.63, 3.8) is 0 Å². The minimum Gasteiger partial charge on any atom is -0.0887 e. The van der Waals surface area contributed by atoms with E-state index in [0.717, 1.165) is 0 Å². The van der Waals surface area contributed by atoms with Crippen molar-refractivity contribution in [3.05, 3.63) is 11.6 Å². The predicted octanol–water partition coefficient (Wildman–Crippen LogP) is 10.2. The van der Waals surface area contributed by atoms with Gasteiger partial charge in [0.25, 0.3) is 0 Å². The molecule has 0 atom stereocenters. The Bertz CT molecular complexity index is 276. The molecule has 0 N–H and O–H groups in total. The van der Waals surface area contributed by atoms with Gasteiger partial charge in [-0.2, -0.15) is 0 Å². The van der Waals surface area contributed by atoms with Crippen LogP contribution in [0, 0.1) is 0 Å². The summed E-state index contributed by atoms with van der Waals surface area (Å²) in [5, 5.41) is 0. The average molecular weight is 365 g/mol. The number of unbranched alkanes of at least 4 members (excludes halogenated alkanes) is 19. The van der Waals surface area contributed by atoms with Crippen LogP contribution in [-0.4, -0.2) is 0 Å². The third-order valence-corrected chi connectivity index (χ3v) is 5.92. The Kier molecular flexibility index (Phi) is 22.6. The van der Waals surface area contributed by atoms with Crippen molar-refractivity contribution in [3.8, 4) is 0 Å². The Morgan fingerprint density at radius 2 is 0.731 bits per heavy atom. The molecule has 0 aliphatic rings. The molecule has 0 saturated carbocycles. The van der Waals surface area contributed by atoms with E-state index in [0.29, 0.717) is 0 Å². The summed E-state index contributed by atoms with van der Waals surface area (Å²) in [6.07, 6.45) is 32.9. The first kappa shape index (κ1) is 25.7. The second-order valence-corrected chi connectivity index (χ2v) is 8.60. The molecular formula is C26H52. The van der Waals surface area contributed by atoms with Gasteiger partial charge in [0.2, 0.25) is 0 Å². The van der Waals surface area contributed by atoms with E-state index >= 15 is 0 Å². The van der Waals surface area contributed by atoms with Crippen LogP contribution < -0.4 is 0 Å². The molecular weight excluding hydrogens is 312 g/mol. The van der Waals surface area contributed by atoms with Crippen molar-refractivity contribution in [1.82, 2.24) is 0 Å². The standard InChI is InChI=1S/C26H52/c1-4-6-7-8-9-10-11-12-13-14-15-16-17-18-19-20-21-22-23-24-25-26(3)5-2/h5H,4,6-25H2,1-3H3. The minimum atomic E-state index is 1.31. The maximum Gasteiger partial charge on any atom is -0.0323 e. The van der Waals surface area contributed by atoms with E-state index in [1.54, 1.807) is 5.57 Å². The third kappa shape index (κ3) is 21.8. The molecule has 0 rings (SSSR count). The van der Waals surface area contributed by atoms with Gasteiger partial charge in [-0.25, -0.2) is 0 Å². The van der Waals surface area contributed by atoms with Crippen LogP contribution in [0.15, 0.2) is 11.6 Å². The minimum absolute atomic E-state index is 1.31. The van der Waals surface area contributed by atoms with Gasteiger partial charge < -0.3 is 0 Å². The molecule has 0 aromatic heterocycles. The Morgan fingerprint density at radius 3 is 1.00 bits per heavy atom. The Labute approximate surface area is 167 Å². The van der Waals surface area contributed by atoms with Crippen molar-refractivity contribution in [2.45, 2.75) is 156 Å². The first-order valence-corrected chi connectivity index (χ1v) is 12.4. The van der Waals surface area contributed by atoms with E-state index in [4.69, 9.17) is 0 Å². The van der Waals surface area contributed by atoms with Crippen molar-refractivity contribution in [1.29, 1.82) is 0 Å². The monoisotopic (exact) mass is 364 g/mol. The fourth-order valence-corrected chi connectivity index (χ4v) is 3.80. The van der Waals surface area contributed by atoms with Gasteiger partial charge in [0, 0.05) is 0 Å². The largest absolute Gasteiger partial charge is 0.0887 e. The second kappa shape index (κ2) is 22.8. The molecule has 0 radical (unpaired) electrons. The molecule has 156 valence electrons. The van der Waals surface area contributed by atoms with Crippen LogP contribution in [0.5, 0.6) is 0 Å². The first-order valence-electron chi connectivity index (χ1n) is 12.4. The SMILES string of the molecule is CC=C(C)CCCCCCCCCCCCCCCCCCCCCC. The zero-order valence-electron chi connectivity index (χ0n) is 18.9. The summed E-state index contributed by atoms with van der Waals surface area (Å²) in [4.78, 5) is 0. The summed E-state index contributed by atoms with van der Waals surface area (Å²) in [6, 6.07) is 0. The molecule has 0 unspecified atom stereocenters. The van der Waals surface area contributed by atoms with Crippen LogP contribution in [0.25, 0.3) is 0 Å². The lowest BCUT2D eigenvalue weighted by Crippen LogP contribution is -1.84. The lowest BCUT2D eigenvalue weighted by Gasteiger charge is -2.04. The van der Waals surface area contributed by atoms with Gasteiger partial charge in [0.1, 0.15) is 0 Å². The van der Waals surface area contributed by atoms with E-state index in [2.05, 4.69) is 26.8 Å². The van der Waals surface area contributed by atoms with Crippen molar-refractivity contribution in [2.75, 3.05) is 0 Å². The quantitative estimate of drug-likeness (QED) is 0.140. The number of hydrogen-bond acceptors (Lipinski definition) is 0. The Balaban J connectivity index is 3.01. The summed E-state index contributed by atoms with van der Waals surface area (Å²) in [5.74, 6) is 0. The van der Waals surface area contributed by atoms with Crippen LogP contribution in [-0.2, 0) is 0 Å². The van der Waals surface area contributed by atoms with E-state index < -0.39 is 0 Å². The zero-order chi connectivity index (χ0) is 19.1. The van der Waals surface area contributed by atoms with E-state index in [1.807, 2.05) is 0 Å². The Morgan fingerprint density at radius 1 is 0.462 bits per heavy atom. The molecule has 0 aliphatic heterocycles. The number of rotatable bonds is 21. The van der Waals surface area contributed by atoms with Gasteiger partial charge in [0.05, 0.1) is 0 Å². The molecule has 0 bridgehead atoms.